The third kappa shape index (κ3) is 2.58. The summed E-state index contributed by atoms with van der Waals surface area (Å²) in [5.41, 5.74) is -0.340. The highest BCUT2D eigenvalue weighted by molar-refractivity contribution is 5.81. The van der Waals surface area contributed by atoms with Crippen LogP contribution in [0.25, 0.3) is 0 Å². The van der Waals surface area contributed by atoms with Crippen LogP contribution in [0.1, 0.15) is 46.0 Å². The van der Waals surface area contributed by atoms with Crippen molar-refractivity contribution >= 4 is 5.97 Å². The van der Waals surface area contributed by atoms with Crippen LogP contribution in [0.15, 0.2) is 12.3 Å². The topological polar surface area (TPSA) is 26.3 Å². The summed E-state index contributed by atoms with van der Waals surface area (Å²) in [7, 11) is 0. The van der Waals surface area contributed by atoms with E-state index in [0.29, 0.717) is 0 Å². The monoisotopic (exact) mass is 182 g/mol. The quantitative estimate of drug-likeness (QED) is 0.482. The molecule has 0 amide bonds. The first-order chi connectivity index (χ1) is 6.19. The Kier molecular flexibility index (Phi) is 3.52. The van der Waals surface area contributed by atoms with E-state index in [2.05, 4.69) is 6.92 Å². The van der Waals surface area contributed by atoms with Crippen molar-refractivity contribution in [2.45, 2.75) is 46.0 Å². The zero-order chi connectivity index (χ0) is 9.73. The van der Waals surface area contributed by atoms with Gasteiger partial charge in [-0.1, -0.05) is 32.6 Å². The molecule has 1 rings (SSSR count). The van der Waals surface area contributed by atoms with Gasteiger partial charge in [-0.15, -0.1) is 0 Å². The van der Waals surface area contributed by atoms with E-state index >= 15 is 0 Å². The lowest BCUT2D eigenvalue weighted by molar-refractivity contribution is -0.143. The van der Waals surface area contributed by atoms with E-state index in [9.17, 15) is 4.79 Å². The number of esters is 1. The summed E-state index contributed by atoms with van der Waals surface area (Å²) in [6.45, 7) is 4.14. The number of hydrogen-bond donors (Lipinski definition) is 0. The number of cyclic esters (lactones) is 1. The molecule has 1 atom stereocenters. The van der Waals surface area contributed by atoms with E-state index in [1.54, 1.807) is 0 Å². The third-order valence-corrected chi connectivity index (χ3v) is 2.63. The zero-order valence-corrected chi connectivity index (χ0v) is 8.51. The van der Waals surface area contributed by atoms with Gasteiger partial charge in [0.1, 0.15) is 0 Å². The molecule has 1 heterocycles. The van der Waals surface area contributed by atoms with Crippen LogP contribution in [0.2, 0.25) is 0 Å². The van der Waals surface area contributed by atoms with Gasteiger partial charge in [-0.05, 0) is 19.4 Å². The SMILES string of the molecule is CCCCCC[C@]1(C)C=COC1=O. The Hall–Kier alpha value is -0.790. The van der Waals surface area contributed by atoms with Crippen molar-refractivity contribution in [3.8, 4) is 0 Å². The maximum atomic E-state index is 11.3. The van der Waals surface area contributed by atoms with Gasteiger partial charge in [0, 0.05) is 0 Å². The van der Waals surface area contributed by atoms with Gasteiger partial charge in [0.05, 0.1) is 11.7 Å². The van der Waals surface area contributed by atoms with Crippen molar-refractivity contribution in [3.05, 3.63) is 12.3 Å². The second-order valence-electron chi connectivity index (χ2n) is 3.94. The standard InChI is InChI=1S/C11H18O2/c1-3-4-5-6-7-11(2)8-9-13-10(11)12/h8-9H,3-7H2,1-2H3/t11-/m1/s1. The summed E-state index contributed by atoms with van der Waals surface area (Å²) in [6.07, 6.45) is 9.13. The van der Waals surface area contributed by atoms with E-state index in [1.807, 2.05) is 13.0 Å². The Morgan fingerprint density at radius 1 is 1.38 bits per heavy atom. The van der Waals surface area contributed by atoms with Gasteiger partial charge in [0.25, 0.3) is 0 Å². The molecule has 2 nitrogen and oxygen atoms in total. The fourth-order valence-electron chi connectivity index (χ4n) is 1.55. The fourth-order valence-corrected chi connectivity index (χ4v) is 1.55. The average Bonchev–Trinajstić information content (AvgIpc) is 2.42. The Morgan fingerprint density at radius 3 is 2.69 bits per heavy atom. The molecule has 0 unspecified atom stereocenters. The summed E-state index contributed by atoms with van der Waals surface area (Å²) >= 11 is 0. The van der Waals surface area contributed by atoms with Crippen LogP contribution in [0.5, 0.6) is 0 Å². The van der Waals surface area contributed by atoms with Crippen molar-refractivity contribution in [1.82, 2.24) is 0 Å². The Bertz CT molecular complexity index is 208. The van der Waals surface area contributed by atoms with Gasteiger partial charge in [-0.3, -0.25) is 4.79 Å². The summed E-state index contributed by atoms with van der Waals surface area (Å²) in [4.78, 5) is 11.3. The minimum atomic E-state index is -0.340. The summed E-state index contributed by atoms with van der Waals surface area (Å²) in [5, 5.41) is 0. The molecule has 0 fully saturated rings. The van der Waals surface area contributed by atoms with Crippen molar-refractivity contribution < 1.29 is 9.53 Å². The minimum absolute atomic E-state index is 0.0935. The molecule has 2 heteroatoms. The predicted molar refractivity (Wildman–Crippen MR) is 52.1 cm³/mol. The zero-order valence-electron chi connectivity index (χ0n) is 8.51. The molecule has 0 aromatic carbocycles. The lowest BCUT2D eigenvalue weighted by atomic mass is 9.86. The van der Waals surface area contributed by atoms with Crippen LogP contribution in [0.3, 0.4) is 0 Å². The van der Waals surface area contributed by atoms with Gasteiger partial charge < -0.3 is 4.74 Å². The lowest BCUT2D eigenvalue weighted by Crippen LogP contribution is -2.21. The molecule has 74 valence electrons. The van der Waals surface area contributed by atoms with E-state index in [1.165, 1.54) is 25.5 Å². The highest BCUT2D eigenvalue weighted by Crippen LogP contribution is 2.32. The van der Waals surface area contributed by atoms with Crippen molar-refractivity contribution in [2.24, 2.45) is 5.41 Å². The molecule has 0 radical (unpaired) electrons. The minimum Gasteiger partial charge on any atom is -0.434 e. The average molecular weight is 182 g/mol. The van der Waals surface area contributed by atoms with Gasteiger partial charge in [0.2, 0.25) is 0 Å². The molecule has 1 aliphatic rings. The number of hydrogen-bond acceptors (Lipinski definition) is 2. The number of carbonyl (C=O) groups excluding carboxylic acids is 1. The molecule has 13 heavy (non-hydrogen) atoms. The number of rotatable bonds is 5. The highest BCUT2D eigenvalue weighted by atomic mass is 16.5. The number of ether oxygens (including phenoxy) is 1. The predicted octanol–water partition coefficient (Wildman–Crippen LogP) is 3.03. The maximum Gasteiger partial charge on any atom is 0.320 e. The highest BCUT2D eigenvalue weighted by Gasteiger charge is 2.35. The number of carbonyl (C=O) groups is 1. The molecule has 0 bridgehead atoms. The maximum absolute atomic E-state index is 11.3. The van der Waals surface area contributed by atoms with Crippen molar-refractivity contribution in [2.75, 3.05) is 0 Å². The van der Waals surface area contributed by atoms with Crippen molar-refractivity contribution in [3.63, 3.8) is 0 Å². The Morgan fingerprint density at radius 2 is 2.15 bits per heavy atom. The molecule has 0 aromatic rings. The van der Waals surface area contributed by atoms with E-state index in [0.717, 1.165) is 12.8 Å². The normalized spacial score (nSPS) is 26.5. The van der Waals surface area contributed by atoms with Crippen LogP contribution in [0.4, 0.5) is 0 Å². The first-order valence-corrected chi connectivity index (χ1v) is 5.08. The van der Waals surface area contributed by atoms with Crippen LogP contribution >= 0.6 is 0 Å². The second-order valence-corrected chi connectivity index (χ2v) is 3.94. The smallest absolute Gasteiger partial charge is 0.320 e. The van der Waals surface area contributed by atoms with Crippen LogP contribution in [-0.4, -0.2) is 5.97 Å². The van der Waals surface area contributed by atoms with Crippen molar-refractivity contribution in [1.29, 1.82) is 0 Å². The molecule has 0 spiro atoms. The lowest BCUT2D eigenvalue weighted by Gasteiger charge is -2.16. The third-order valence-electron chi connectivity index (χ3n) is 2.63. The molecule has 0 N–H and O–H groups in total. The summed E-state index contributed by atoms with van der Waals surface area (Å²) in [6, 6.07) is 0. The Balaban J connectivity index is 2.27. The summed E-state index contributed by atoms with van der Waals surface area (Å²) < 4.78 is 4.81. The molecular weight excluding hydrogens is 164 g/mol. The largest absolute Gasteiger partial charge is 0.434 e. The first kappa shape index (κ1) is 10.3. The molecular formula is C11H18O2. The van der Waals surface area contributed by atoms with Gasteiger partial charge in [-0.25, -0.2) is 0 Å². The molecule has 0 aromatic heterocycles. The number of unbranched alkanes of at least 4 members (excludes halogenated alkanes) is 3. The van der Waals surface area contributed by atoms with Crippen LogP contribution in [0, 0.1) is 5.41 Å². The van der Waals surface area contributed by atoms with Gasteiger partial charge in [0.15, 0.2) is 0 Å². The van der Waals surface area contributed by atoms with Crippen LogP contribution in [-0.2, 0) is 9.53 Å². The van der Waals surface area contributed by atoms with Crippen LogP contribution < -0.4 is 0 Å². The summed E-state index contributed by atoms with van der Waals surface area (Å²) in [5.74, 6) is -0.0935. The fraction of sp³-hybridized carbons (Fsp3) is 0.727. The molecule has 0 aliphatic carbocycles. The molecule has 0 saturated carbocycles. The molecule has 1 aliphatic heterocycles. The Labute approximate surface area is 80.0 Å². The molecule has 0 saturated heterocycles. The first-order valence-electron chi connectivity index (χ1n) is 5.08. The second kappa shape index (κ2) is 4.45. The van der Waals surface area contributed by atoms with E-state index in [-0.39, 0.29) is 11.4 Å². The van der Waals surface area contributed by atoms with E-state index in [4.69, 9.17) is 4.74 Å². The van der Waals surface area contributed by atoms with E-state index < -0.39 is 0 Å². The van der Waals surface area contributed by atoms with Gasteiger partial charge in [-0.2, -0.15) is 0 Å². The van der Waals surface area contributed by atoms with Gasteiger partial charge >= 0.3 is 5.97 Å².